The molecule has 0 spiro atoms. The Balaban J connectivity index is 2.24. The first kappa shape index (κ1) is 15.8. The molecule has 1 aliphatic rings. The zero-order valence-corrected chi connectivity index (χ0v) is 13.2. The summed E-state index contributed by atoms with van der Waals surface area (Å²) < 4.78 is 0. The van der Waals surface area contributed by atoms with Crippen LogP contribution in [0.3, 0.4) is 0 Å². The lowest BCUT2D eigenvalue weighted by Crippen LogP contribution is -2.46. The third kappa shape index (κ3) is 3.03. The van der Waals surface area contributed by atoms with Crippen molar-refractivity contribution in [3.63, 3.8) is 0 Å². The highest BCUT2D eigenvalue weighted by Crippen LogP contribution is 2.32. The lowest BCUT2D eigenvalue weighted by atomic mass is 9.91. The summed E-state index contributed by atoms with van der Waals surface area (Å²) in [6.07, 6.45) is 4.22. The van der Waals surface area contributed by atoms with Gasteiger partial charge >= 0.3 is 0 Å². The molecule has 1 aromatic heterocycles. The average molecular weight is 338 g/mol. The smallest absolute Gasteiger partial charge is 0.274 e. The van der Waals surface area contributed by atoms with Gasteiger partial charge in [-0.3, -0.25) is 4.79 Å². The van der Waals surface area contributed by atoms with Gasteiger partial charge in [-0.1, -0.05) is 47.6 Å². The molecule has 1 aliphatic carbocycles. The van der Waals surface area contributed by atoms with Gasteiger partial charge in [0, 0.05) is 13.2 Å². The Morgan fingerprint density at radius 2 is 1.95 bits per heavy atom. The van der Waals surface area contributed by atoms with Crippen molar-refractivity contribution in [1.82, 2.24) is 9.88 Å². The number of pyridine rings is 1. The van der Waals surface area contributed by atoms with E-state index >= 15 is 0 Å². The fourth-order valence-electron chi connectivity index (χ4n) is 2.45. The van der Waals surface area contributed by atoms with Gasteiger partial charge in [-0.15, -0.1) is 0 Å². The Bertz CT molecular complexity index is 525. The number of likely N-dealkylation sites (N-methyl/N-ethyl adjacent to an activating group) is 1. The van der Waals surface area contributed by atoms with Crippen LogP contribution in [0.2, 0.25) is 15.1 Å². The largest absolute Gasteiger partial charge is 0.391 e. The number of hydrogen-bond donors (Lipinski definition) is 1. The number of nitrogens with zero attached hydrogens (tertiary/aromatic N) is 2. The third-order valence-corrected chi connectivity index (χ3v) is 4.87. The molecule has 1 aromatic rings. The fraction of sp³-hybridized carbons (Fsp3) is 0.538. The zero-order valence-electron chi connectivity index (χ0n) is 10.9. The molecule has 4 nitrogen and oxygen atoms in total. The lowest BCUT2D eigenvalue weighted by molar-refractivity contribution is 0.0264. The minimum atomic E-state index is -0.515. The Morgan fingerprint density at radius 3 is 2.60 bits per heavy atom. The van der Waals surface area contributed by atoms with Gasteiger partial charge < -0.3 is 10.0 Å². The van der Waals surface area contributed by atoms with Gasteiger partial charge in [0.25, 0.3) is 5.91 Å². The number of aromatic nitrogens is 1. The maximum atomic E-state index is 12.4. The topological polar surface area (TPSA) is 53.4 Å². The van der Waals surface area contributed by atoms with E-state index in [2.05, 4.69) is 4.98 Å². The van der Waals surface area contributed by atoms with Crippen molar-refractivity contribution in [3.05, 3.63) is 27.0 Å². The van der Waals surface area contributed by atoms with E-state index in [0.29, 0.717) is 6.42 Å². The molecule has 1 N–H and O–H groups in total. The van der Waals surface area contributed by atoms with Gasteiger partial charge in [0.1, 0.15) is 5.69 Å². The third-order valence-electron chi connectivity index (χ3n) is 3.63. The maximum absolute atomic E-state index is 12.4. The quantitative estimate of drug-likeness (QED) is 0.899. The lowest BCUT2D eigenvalue weighted by Gasteiger charge is -2.35. The number of amides is 1. The first-order chi connectivity index (χ1) is 9.43. The molecule has 0 bridgehead atoms. The standard InChI is InChI=1S/C13H15Cl3N2O2/c1-18(8-4-2-3-5-9(8)19)13(20)12-11(16)10(15)7(14)6-17-12/h6,8-9,19H,2-5H2,1H3. The Hall–Kier alpha value is -0.550. The number of aliphatic hydroxyl groups excluding tert-OH is 1. The van der Waals surface area contributed by atoms with Crippen molar-refractivity contribution in [2.24, 2.45) is 0 Å². The summed E-state index contributed by atoms with van der Waals surface area (Å²) in [6, 6.07) is -0.219. The number of carbonyl (C=O) groups excluding carboxylic acids is 1. The second kappa shape index (κ2) is 6.48. The molecular formula is C13H15Cl3N2O2. The van der Waals surface area contributed by atoms with E-state index in [4.69, 9.17) is 34.8 Å². The molecule has 1 heterocycles. The normalized spacial score (nSPS) is 22.6. The van der Waals surface area contributed by atoms with E-state index in [1.54, 1.807) is 7.05 Å². The molecule has 0 aromatic carbocycles. The second-order valence-corrected chi connectivity index (χ2v) is 6.08. The molecule has 110 valence electrons. The van der Waals surface area contributed by atoms with Gasteiger partial charge in [-0.05, 0) is 12.8 Å². The van der Waals surface area contributed by atoms with Crippen LogP contribution in [0, 0.1) is 0 Å². The fourth-order valence-corrected chi connectivity index (χ4v) is 3.01. The Morgan fingerprint density at radius 1 is 1.30 bits per heavy atom. The van der Waals surface area contributed by atoms with Gasteiger partial charge in [0.15, 0.2) is 0 Å². The van der Waals surface area contributed by atoms with Crippen molar-refractivity contribution in [1.29, 1.82) is 0 Å². The summed E-state index contributed by atoms with van der Waals surface area (Å²) in [4.78, 5) is 17.9. The summed E-state index contributed by atoms with van der Waals surface area (Å²) in [5.41, 5.74) is 0.0568. The highest BCUT2D eigenvalue weighted by atomic mass is 35.5. The number of carbonyl (C=O) groups is 1. The summed E-state index contributed by atoms with van der Waals surface area (Å²) in [5, 5.41) is 10.4. The summed E-state index contributed by atoms with van der Waals surface area (Å²) >= 11 is 17.7. The Kier molecular flexibility index (Phi) is 5.13. The first-order valence-corrected chi connectivity index (χ1v) is 7.51. The van der Waals surface area contributed by atoms with Crippen LogP contribution in [0.4, 0.5) is 0 Å². The van der Waals surface area contributed by atoms with Gasteiger partial charge in [0.2, 0.25) is 0 Å². The number of halogens is 3. The van der Waals surface area contributed by atoms with Crippen LogP contribution in [0.15, 0.2) is 6.20 Å². The van der Waals surface area contributed by atoms with Gasteiger partial charge in [-0.2, -0.15) is 0 Å². The minimum Gasteiger partial charge on any atom is -0.391 e. The second-order valence-electron chi connectivity index (χ2n) is 4.92. The zero-order chi connectivity index (χ0) is 14.9. The number of hydrogen-bond acceptors (Lipinski definition) is 3. The van der Waals surface area contributed by atoms with Crippen molar-refractivity contribution in [2.45, 2.75) is 37.8 Å². The highest BCUT2D eigenvalue weighted by molar-refractivity contribution is 6.48. The van der Waals surface area contributed by atoms with Gasteiger partial charge in [-0.25, -0.2) is 4.98 Å². The SMILES string of the molecule is CN(C(=O)c1ncc(Cl)c(Cl)c1Cl)C1CCCCC1O. The molecule has 1 amide bonds. The molecule has 7 heteroatoms. The van der Waals surface area contributed by atoms with E-state index in [1.807, 2.05) is 0 Å². The molecule has 0 saturated heterocycles. The Labute approximate surface area is 132 Å². The van der Waals surface area contributed by atoms with Gasteiger partial charge in [0.05, 0.1) is 27.2 Å². The summed E-state index contributed by atoms with van der Waals surface area (Å²) in [6.45, 7) is 0. The molecule has 20 heavy (non-hydrogen) atoms. The molecule has 1 saturated carbocycles. The first-order valence-electron chi connectivity index (χ1n) is 6.38. The number of aliphatic hydroxyl groups is 1. The van der Waals surface area contributed by atoms with Crippen LogP contribution in [0.25, 0.3) is 0 Å². The van der Waals surface area contributed by atoms with E-state index < -0.39 is 6.10 Å². The van der Waals surface area contributed by atoms with E-state index in [0.717, 1.165) is 19.3 Å². The monoisotopic (exact) mass is 336 g/mol. The van der Waals surface area contributed by atoms with Crippen LogP contribution in [0.1, 0.15) is 36.2 Å². The van der Waals surface area contributed by atoms with Crippen LogP contribution in [-0.4, -0.2) is 40.1 Å². The van der Waals surface area contributed by atoms with E-state index in [1.165, 1.54) is 11.1 Å². The molecule has 2 atom stereocenters. The summed E-state index contributed by atoms with van der Waals surface area (Å²) in [5.74, 6) is -0.362. The molecule has 0 radical (unpaired) electrons. The molecular weight excluding hydrogens is 323 g/mol. The van der Waals surface area contributed by atoms with Crippen LogP contribution in [0.5, 0.6) is 0 Å². The van der Waals surface area contributed by atoms with Crippen molar-refractivity contribution in [3.8, 4) is 0 Å². The predicted molar refractivity (Wildman–Crippen MR) is 79.6 cm³/mol. The highest BCUT2D eigenvalue weighted by Gasteiger charge is 2.31. The summed E-state index contributed by atoms with van der Waals surface area (Å²) in [7, 11) is 1.64. The minimum absolute atomic E-state index is 0.0429. The predicted octanol–water partition coefficient (Wildman–Crippen LogP) is 3.42. The van der Waals surface area contributed by atoms with Crippen LogP contribution >= 0.6 is 34.8 Å². The average Bonchev–Trinajstić information content (AvgIpc) is 2.44. The molecule has 2 unspecified atom stereocenters. The maximum Gasteiger partial charge on any atom is 0.274 e. The van der Waals surface area contributed by atoms with E-state index in [-0.39, 0.29) is 32.7 Å². The molecule has 1 fully saturated rings. The van der Waals surface area contributed by atoms with Crippen molar-refractivity contribution in [2.75, 3.05) is 7.05 Å². The van der Waals surface area contributed by atoms with Crippen molar-refractivity contribution >= 4 is 40.7 Å². The van der Waals surface area contributed by atoms with E-state index in [9.17, 15) is 9.90 Å². The number of rotatable bonds is 2. The van der Waals surface area contributed by atoms with Crippen molar-refractivity contribution < 1.29 is 9.90 Å². The van der Waals surface area contributed by atoms with Crippen LogP contribution < -0.4 is 0 Å². The van der Waals surface area contributed by atoms with Crippen LogP contribution in [-0.2, 0) is 0 Å². The molecule has 0 aliphatic heterocycles. The molecule has 2 rings (SSSR count).